The van der Waals surface area contributed by atoms with Crippen molar-refractivity contribution in [2.75, 3.05) is 12.8 Å². The van der Waals surface area contributed by atoms with Gasteiger partial charge < -0.3 is 4.52 Å². The number of unbranched alkanes of at least 4 members (excludes halogenated alkanes) is 9. The number of hydrogen-bond acceptors (Lipinski definition) is 2. The Labute approximate surface area is 118 Å². The number of halogens is 1. The lowest BCUT2D eigenvalue weighted by atomic mass is 10.1. The normalized spacial score (nSPS) is 14.6. The zero-order valence-electron chi connectivity index (χ0n) is 12.1. The second kappa shape index (κ2) is 12.5. The topological polar surface area (TPSA) is 26.3 Å². The van der Waals surface area contributed by atoms with Gasteiger partial charge in [0.1, 0.15) is 0 Å². The van der Waals surface area contributed by atoms with E-state index in [9.17, 15) is 4.57 Å². The predicted octanol–water partition coefficient (Wildman–Crippen LogP) is 6.38. The van der Waals surface area contributed by atoms with Gasteiger partial charge in [-0.2, -0.15) is 0 Å². The largest absolute Gasteiger partial charge is 0.318 e. The summed E-state index contributed by atoms with van der Waals surface area (Å²) < 4.78 is 16.6. The van der Waals surface area contributed by atoms with E-state index in [1.807, 2.05) is 6.92 Å². The molecule has 1 atom stereocenters. The van der Waals surface area contributed by atoms with Crippen LogP contribution in [0.3, 0.4) is 0 Å². The second-order valence-corrected chi connectivity index (χ2v) is 8.34. The molecule has 0 aliphatic heterocycles. The van der Waals surface area contributed by atoms with Crippen molar-refractivity contribution in [3.8, 4) is 0 Å². The summed E-state index contributed by atoms with van der Waals surface area (Å²) in [6, 6.07) is 0. The van der Waals surface area contributed by atoms with E-state index in [0.717, 1.165) is 12.8 Å². The standard InChI is InChI=1S/C14H30ClO2P/c1-3-5-6-7-8-9-10-11-12-13-14-18(15,16)17-4-2/h3-14H2,1-2H3. The summed E-state index contributed by atoms with van der Waals surface area (Å²) in [5.41, 5.74) is 0. The molecule has 0 rings (SSSR count). The van der Waals surface area contributed by atoms with E-state index >= 15 is 0 Å². The highest BCUT2D eigenvalue weighted by atomic mass is 35.7. The molecule has 0 aromatic carbocycles. The highest BCUT2D eigenvalue weighted by molar-refractivity contribution is 7.85. The van der Waals surface area contributed by atoms with Crippen LogP contribution in [0.25, 0.3) is 0 Å². The smallest absolute Gasteiger partial charge is 0.290 e. The van der Waals surface area contributed by atoms with E-state index in [2.05, 4.69) is 6.92 Å². The van der Waals surface area contributed by atoms with Crippen LogP contribution in [0.5, 0.6) is 0 Å². The summed E-state index contributed by atoms with van der Waals surface area (Å²) in [5.74, 6) is 0. The second-order valence-electron chi connectivity index (χ2n) is 4.91. The Balaban J connectivity index is 3.18. The van der Waals surface area contributed by atoms with Crippen molar-refractivity contribution in [1.29, 1.82) is 0 Å². The minimum atomic E-state index is -2.79. The summed E-state index contributed by atoms with van der Waals surface area (Å²) in [7, 11) is 0. The minimum Gasteiger partial charge on any atom is -0.318 e. The first kappa shape index (κ1) is 18.5. The van der Waals surface area contributed by atoms with Crippen molar-refractivity contribution < 1.29 is 9.09 Å². The highest BCUT2D eigenvalue weighted by Gasteiger charge is 2.17. The zero-order valence-corrected chi connectivity index (χ0v) is 13.8. The van der Waals surface area contributed by atoms with E-state index in [-0.39, 0.29) is 0 Å². The molecular weight excluding hydrogens is 267 g/mol. The zero-order chi connectivity index (χ0) is 13.7. The van der Waals surface area contributed by atoms with Gasteiger partial charge in [0.2, 0.25) is 0 Å². The molecule has 0 amide bonds. The average molecular weight is 297 g/mol. The molecule has 1 unspecified atom stereocenters. The van der Waals surface area contributed by atoms with Gasteiger partial charge in [-0.15, -0.1) is 0 Å². The maximum absolute atomic E-state index is 11.6. The third-order valence-electron chi connectivity index (χ3n) is 3.10. The maximum Gasteiger partial charge on any atom is 0.290 e. The summed E-state index contributed by atoms with van der Waals surface area (Å²) in [6.07, 6.45) is 13.3. The van der Waals surface area contributed by atoms with Crippen molar-refractivity contribution in [3.63, 3.8) is 0 Å². The van der Waals surface area contributed by atoms with E-state index in [0.29, 0.717) is 12.8 Å². The number of hydrogen-bond donors (Lipinski definition) is 0. The molecule has 0 aromatic rings. The average Bonchev–Trinajstić information content (AvgIpc) is 2.31. The van der Waals surface area contributed by atoms with E-state index in [1.165, 1.54) is 51.4 Å². The summed E-state index contributed by atoms with van der Waals surface area (Å²) in [6.45, 7) is 1.72. The SMILES string of the molecule is CCCCCCCCCCCCP(=O)(Cl)OCC. The Bertz CT molecular complexity index is 222. The molecule has 0 bridgehead atoms. The van der Waals surface area contributed by atoms with Crippen molar-refractivity contribution in [2.24, 2.45) is 0 Å². The van der Waals surface area contributed by atoms with Crippen LogP contribution in [-0.2, 0) is 9.09 Å². The van der Waals surface area contributed by atoms with Crippen LogP contribution in [0.2, 0.25) is 0 Å². The molecule has 0 saturated heterocycles. The third-order valence-corrected chi connectivity index (χ3v) is 5.39. The van der Waals surface area contributed by atoms with Gasteiger partial charge in [-0.1, -0.05) is 64.7 Å². The Kier molecular flexibility index (Phi) is 12.8. The van der Waals surface area contributed by atoms with Gasteiger partial charge in [0.05, 0.1) is 6.61 Å². The van der Waals surface area contributed by atoms with Gasteiger partial charge in [0.15, 0.2) is 0 Å². The fourth-order valence-corrected chi connectivity index (χ4v) is 3.81. The molecule has 0 radical (unpaired) electrons. The molecule has 0 aliphatic rings. The lowest BCUT2D eigenvalue weighted by molar-refractivity contribution is 0.344. The van der Waals surface area contributed by atoms with Crippen molar-refractivity contribution >= 4 is 18.0 Å². The Morgan fingerprint density at radius 2 is 1.28 bits per heavy atom. The van der Waals surface area contributed by atoms with Gasteiger partial charge >= 0.3 is 0 Å². The van der Waals surface area contributed by atoms with E-state index in [4.69, 9.17) is 15.8 Å². The van der Waals surface area contributed by atoms with Crippen LogP contribution in [0.1, 0.15) is 78.1 Å². The molecule has 0 fully saturated rings. The fraction of sp³-hybridized carbons (Fsp3) is 1.00. The van der Waals surface area contributed by atoms with Crippen LogP contribution in [-0.4, -0.2) is 12.8 Å². The monoisotopic (exact) mass is 296 g/mol. The van der Waals surface area contributed by atoms with E-state index < -0.39 is 6.72 Å². The van der Waals surface area contributed by atoms with Gasteiger partial charge in [0.25, 0.3) is 6.72 Å². The predicted molar refractivity (Wildman–Crippen MR) is 81.8 cm³/mol. The van der Waals surface area contributed by atoms with Crippen molar-refractivity contribution in [1.82, 2.24) is 0 Å². The van der Waals surface area contributed by atoms with E-state index in [1.54, 1.807) is 0 Å². The molecular formula is C14H30ClO2P. The van der Waals surface area contributed by atoms with Crippen molar-refractivity contribution in [2.45, 2.75) is 78.1 Å². The Morgan fingerprint density at radius 3 is 1.72 bits per heavy atom. The molecule has 0 heterocycles. The van der Waals surface area contributed by atoms with Crippen LogP contribution >= 0.6 is 18.0 Å². The molecule has 0 aliphatic carbocycles. The summed E-state index contributed by atoms with van der Waals surface area (Å²) >= 11 is 5.78. The Morgan fingerprint density at radius 1 is 0.833 bits per heavy atom. The minimum absolute atomic E-state index is 0.443. The van der Waals surface area contributed by atoms with Crippen molar-refractivity contribution in [3.05, 3.63) is 0 Å². The lowest BCUT2D eigenvalue weighted by Gasteiger charge is -2.09. The fourth-order valence-electron chi connectivity index (χ4n) is 2.05. The molecule has 0 saturated carbocycles. The molecule has 0 spiro atoms. The Hall–Kier alpha value is 0.480. The van der Waals surface area contributed by atoms with Crippen LogP contribution in [0.15, 0.2) is 0 Å². The first-order valence-corrected chi connectivity index (χ1v) is 10.3. The van der Waals surface area contributed by atoms with Crippen LogP contribution in [0.4, 0.5) is 0 Å². The van der Waals surface area contributed by atoms with Gasteiger partial charge in [-0.3, -0.25) is 4.57 Å². The summed E-state index contributed by atoms with van der Waals surface area (Å²) in [5, 5.41) is 0. The summed E-state index contributed by atoms with van der Waals surface area (Å²) in [4.78, 5) is 0. The number of rotatable bonds is 13. The highest BCUT2D eigenvalue weighted by Crippen LogP contribution is 2.52. The molecule has 0 N–H and O–H groups in total. The molecule has 18 heavy (non-hydrogen) atoms. The maximum atomic E-state index is 11.6. The van der Waals surface area contributed by atoms with Gasteiger partial charge in [-0.05, 0) is 24.6 Å². The van der Waals surface area contributed by atoms with Gasteiger partial charge in [0, 0.05) is 6.16 Å². The van der Waals surface area contributed by atoms with Crippen LogP contribution < -0.4 is 0 Å². The molecule has 0 aromatic heterocycles. The molecule has 110 valence electrons. The van der Waals surface area contributed by atoms with Crippen LogP contribution in [0, 0.1) is 0 Å². The third kappa shape index (κ3) is 12.9. The van der Waals surface area contributed by atoms with Gasteiger partial charge in [-0.25, -0.2) is 0 Å². The first-order valence-electron chi connectivity index (χ1n) is 7.55. The molecule has 2 nitrogen and oxygen atoms in total. The quantitative estimate of drug-likeness (QED) is 0.291. The lowest BCUT2D eigenvalue weighted by Crippen LogP contribution is -1.90. The first-order chi connectivity index (χ1) is 8.62. The molecule has 4 heteroatoms.